The number of carbonyl (C=O) groups is 3. The molecule has 14 heteroatoms. The van der Waals surface area contributed by atoms with Crippen LogP contribution in [0.2, 0.25) is 0 Å². The Balaban J connectivity index is 0.000000405. The van der Waals surface area contributed by atoms with Crippen LogP contribution in [0.1, 0.15) is 24.1 Å². The second-order valence-electron chi connectivity index (χ2n) is 8.71. The number of alkyl halides is 3. The first-order valence-corrected chi connectivity index (χ1v) is 12.3. The molecule has 3 N–H and O–H groups in total. The molecule has 1 unspecified atom stereocenters. The molecular formula is C23H23F4N5O4S. The molecule has 4 heterocycles. The van der Waals surface area contributed by atoms with Crippen molar-refractivity contribution in [3.8, 4) is 0 Å². The average Bonchev–Trinajstić information content (AvgIpc) is 3.55. The Kier molecular flexibility index (Phi) is 7.78. The highest BCUT2D eigenvalue weighted by Gasteiger charge is 2.43. The molecule has 3 amide bonds. The van der Waals surface area contributed by atoms with Crippen LogP contribution in [0.25, 0.3) is 10.9 Å². The lowest BCUT2D eigenvalue weighted by Gasteiger charge is -2.35. The number of aromatic amines is 1. The van der Waals surface area contributed by atoms with Gasteiger partial charge in [0.25, 0.3) is 5.91 Å². The van der Waals surface area contributed by atoms with Gasteiger partial charge in [-0.2, -0.15) is 13.2 Å². The number of urea groups is 1. The maximum Gasteiger partial charge on any atom is 0.490 e. The van der Waals surface area contributed by atoms with Gasteiger partial charge in [-0.15, -0.1) is 11.3 Å². The molecule has 9 nitrogen and oxygen atoms in total. The number of nitrogens with zero attached hydrogens (tertiary/aromatic N) is 3. The van der Waals surface area contributed by atoms with E-state index in [9.17, 15) is 27.2 Å². The van der Waals surface area contributed by atoms with Gasteiger partial charge in [0.05, 0.1) is 11.2 Å². The first-order chi connectivity index (χ1) is 17.5. The number of hydrogen-bond acceptors (Lipinski definition) is 6. The molecule has 1 atom stereocenters. The number of halogens is 4. The fourth-order valence-corrected chi connectivity index (χ4v) is 5.01. The van der Waals surface area contributed by atoms with Crippen molar-refractivity contribution in [3.63, 3.8) is 0 Å². The largest absolute Gasteiger partial charge is 0.490 e. The van der Waals surface area contributed by atoms with E-state index in [1.165, 1.54) is 17.0 Å². The van der Waals surface area contributed by atoms with Crippen LogP contribution >= 0.6 is 11.3 Å². The minimum Gasteiger partial charge on any atom is -0.475 e. The fraction of sp³-hybridized carbons (Fsp3) is 0.391. The summed E-state index contributed by atoms with van der Waals surface area (Å²) in [6.07, 6.45) is -1.39. The van der Waals surface area contributed by atoms with E-state index in [2.05, 4.69) is 20.2 Å². The second-order valence-corrected chi connectivity index (χ2v) is 9.43. The summed E-state index contributed by atoms with van der Waals surface area (Å²) in [6, 6.07) is 3.56. The SMILES string of the molecule is O=C(O)C(F)(F)F.O=C1NC(Cc2c[nH]c3cc(F)ccc23)C(=O)N1C1CCN(Cc2cscn2)CC1. The third-order valence-electron chi connectivity index (χ3n) is 6.24. The molecule has 0 spiro atoms. The standard InChI is InChI=1S/C21H22FN5O2S.C2HF3O2/c22-14-1-2-17-13(9-23-18(17)8-14)7-19-20(28)27(21(29)25-19)16-3-5-26(6-4-16)10-15-11-30-12-24-15;3-2(4,5)1(6)7/h1-2,8-9,11-12,16,19,23H,3-7,10H2,(H,25,29);(H,6,7). The van der Waals surface area contributed by atoms with Crippen molar-refractivity contribution in [2.75, 3.05) is 13.1 Å². The Labute approximate surface area is 212 Å². The molecule has 1 aromatic carbocycles. The number of carbonyl (C=O) groups excluding carboxylic acids is 2. The number of aliphatic carboxylic acids is 1. The first kappa shape index (κ1) is 26.5. The molecule has 5 rings (SSSR count). The molecule has 2 saturated heterocycles. The van der Waals surface area contributed by atoms with E-state index in [0.29, 0.717) is 11.9 Å². The molecule has 0 bridgehead atoms. The molecule has 0 radical (unpaired) electrons. The maximum absolute atomic E-state index is 13.4. The average molecular weight is 542 g/mol. The van der Waals surface area contributed by atoms with E-state index < -0.39 is 18.2 Å². The number of nitrogens with one attached hydrogen (secondary N) is 2. The van der Waals surface area contributed by atoms with Crippen LogP contribution < -0.4 is 5.32 Å². The van der Waals surface area contributed by atoms with Crippen molar-refractivity contribution in [2.24, 2.45) is 0 Å². The minimum atomic E-state index is -5.08. The van der Waals surface area contributed by atoms with Gasteiger partial charge in [-0.3, -0.25) is 14.6 Å². The monoisotopic (exact) mass is 541 g/mol. The van der Waals surface area contributed by atoms with Gasteiger partial charge in [-0.25, -0.2) is 19.0 Å². The van der Waals surface area contributed by atoms with Gasteiger partial charge in [0, 0.05) is 54.6 Å². The molecule has 37 heavy (non-hydrogen) atoms. The number of benzene rings is 1. The second kappa shape index (κ2) is 10.8. The number of likely N-dealkylation sites (tertiary alicyclic amines) is 1. The summed E-state index contributed by atoms with van der Waals surface area (Å²) < 4.78 is 45.1. The zero-order chi connectivity index (χ0) is 26.7. The lowest BCUT2D eigenvalue weighted by Crippen LogP contribution is -2.47. The molecule has 2 aliphatic heterocycles. The van der Waals surface area contributed by atoms with Crippen LogP contribution in [-0.4, -0.2) is 74.1 Å². The molecule has 3 aromatic rings. The number of carboxylic acid groups (broad SMARTS) is 1. The zero-order valence-electron chi connectivity index (χ0n) is 19.3. The van der Waals surface area contributed by atoms with Gasteiger partial charge in [0.1, 0.15) is 11.9 Å². The Bertz CT molecular complexity index is 1270. The summed E-state index contributed by atoms with van der Waals surface area (Å²) in [4.78, 5) is 45.6. The van der Waals surface area contributed by atoms with Crippen LogP contribution in [0, 0.1) is 5.82 Å². The van der Waals surface area contributed by atoms with Crippen LogP contribution in [0.5, 0.6) is 0 Å². The summed E-state index contributed by atoms with van der Waals surface area (Å²) >= 11 is 1.59. The van der Waals surface area contributed by atoms with Gasteiger partial charge in [-0.1, -0.05) is 0 Å². The minimum absolute atomic E-state index is 0.0775. The van der Waals surface area contributed by atoms with E-state index in [1.807, 2.05) is 10.9 Å². The smallest absolute Gasteiger partial charge is 0.475 e. The Morgan fingerprint density at radius 1 is 1.22 bits per heavy atom. The fourth-order valence-electron chi connectivity index (χ4n) is 4.46. The van der Waals surface area contributed by atoms with Crippen molar-refractivity contribution < 1.29 is 37.1 Å². The highest BCUT2D eigenvalue weighted by molar-refractivity contribution is 7.07. The van der Waals surface area contributed by atoms with E-state index in [4.69, 9.17) is 9.90 Å². The third-order valence-corrected chi connectivity index (χ3v) is 6.87. The van der Waals surface area contributed by atoms with Crippen LogP contribution in [0.4, 0.5) is 22.4 Å². The number of rotatable bonds is 5. The summed E-state index contributed by atoms with van der Waals surface area (Å²) in [5, 5.41) is 12.9. The first-order valence-electron chi connectivity index (χ1n) is 11.3. The number of piperidine rings is 1. The zero-order valence-corrected chi connectivity index (χ0v) is 20.1. The number of imide groups is 1. The van der Waals surface area contributed by atoms with Gasteiger partial charge >= 0.3 is 18.2 Å². The molecule has 0 saturated carbocycles. The van der Waals surface area contributed by atoms with Gasteiger partial charge < -0.3 is 15.4 Å². The summed E-state index contributed by atoms with van der Waals surface area (Å²) in [7, 11) is 0. The van der Waals surface area contributed by atoms with Crippen molar-refractivity contribution in [1.29, 1.82) is 0 Å². The summed E-state index contributed by atoms with van der Waals surface area (Å²) in [5.74, 6) is -3.24. The number of amides is 3. The van der Waals surface area contributed by atoms with Crippen LogP contribution in [0.15, 0.2) is 35.3 Å². The lowest BCUT2D eigenvalue weighted by atomic mass is 10.0. The Hall–Kier alpha value is -3.52. The van der Waals surface area contributed by atoms with Crippen molar-refractivity contribution in [3.05, 3.63) is 52.4 Å². The topological polar surface area (TPSA) is 119 Å². The summed E-state index contributed by atoms with van der Waals surface area (Å²) in [5.41, 5.74) is 4.47. The Morgan fingerprint density at radius 3 is 2.54 bits per heavy atom. The number of aromatic nitrogens is 2. The number of carboxylic acids is 1. The van der Waals surface area contributed by atoms with Gasteiger partial charge in [-0.05, 0) is 36.6 Å². The molecule has 198 valence electrons. The highest BCUT2D eigenvalue weighted by Crippen LogP contribution is 2.25. The maximum atomic E-state index is 13.4. The molecule has 2 fully saturated rings. The van der Waals surface area contributed by atoms with E-state index in [-0.39, 0.29) is 23.8 Å². The van der Waals surface area contributed by atoms with E-state index in [1.54, 1.807) is 23.6 Å². The molecule has 2 aliphatic rings. The summed E-state index contributed by atoms with van der Waals surface area (Å²) in [6.45, 7) is 2.47. The normalized spacial score (nSPS) is 19.1. The van der Waals surface area contributed by atoms with Crippen LogP contribution in [0.3, 0.4) is 0 Å². The predicted octanol–water partition coefficient (Wildman–Crippen LogP) is 3.52. The van der Waals surface area contributed by atoms with Crippen LogP contribution in [-0.2, 0) is 22.6 Å². The van der Waals surface area contributed by atoms with Crippen molar-refractivity contribution >= 4 is 40.1 Å². The number of fused-ring (bicyclic) bond motifs is 1. The van der Waals surface area contributed by atoms with E-state index in [0.717, 1.165) is 49.1 Å². The lowest BCUT2D eigenvalue weighted by molar-refractivity contribution is -0.192. The predicted molar refractivity (Wildman–Crippen MR) is 125 cm³/mol. The third kappa shape index (κ3) is 6.25. The molecular weight excluding hydrogens is 518 g/mol. The Morgan fingerprint density at radius 2 is 1.92 bits per heavy atom. The molecule has 0 aliphatic carbocycles. The van der Waals surface area contributed by atoms with Gasteiger partial charge in [0.15, 0.2) is 0 Å². The number of thiazole rings is 1. The van der Waals surface area contributed by atoms with Crippen molar-refractivity contribution in [1.82, 2.24) is 25.1 Å². The molecule has 2 aromatic heterocycles. The van der Waals surface area contributed by atoms with Gasteiger partial charge in [0.2, 0.25) is 0 Å². The number of hydrogen-bond donors (Lipinski definition) is 3. The number of H-pyrrole nitrogens is 1. The van der Waals surface area contributed by atoms with Crippen molar-refractivity contribution in [2.45, 2.75) is 44.1 Å². The quantitative estimate of drug-likeness (QED) is 0.336. The highest BCUT2D eigenvalue weighted by atomic mass is 32.1. The van der Waals surface area contributed by atoms with E-state index >= 15 is 0 Å².